The second kappa shape index (κ2) is 6.64. The minimum absolute atomic E-state index is 0.120. The first kappa shape index (κ1) is 16.1. The Kier molecular flexibility index (Phi) is 5.08. The number of hydrogen-bond donors (Lipinski definition) is 1. The maximum Gasteiger partial charge on any atom is 0.326 e. The van der Waals surface area contributed by atoms with Gasteiger partial charge < -0.3 is 19.8 Å². The molecule has 1 saturated carbocycles. The van der Waals surface area contributed by atoms with Crippen molar-refractivity contribution in [1.82, 2.24) is 14.7 Å². The second-order valence-corrected chi connectivity index (χ2v) is 6.62. The number of hydrogen-bond acceptors (Lipinski definition) is 3. The Bertz CT molecular complexity index is 400. The van der Waals surface area contributed by atoms with E-state index < -0.39 is 12.0 Å². The fraction of sp³-hybridized carbons (Fsp3) is 0.867. The summed E-state index contributed by atoms with van der Waals surface area (Å²) in [4.78, 5) is 29.6. The molecule has 1 saturated heterocycles. The van der Waals surface area contributed by atoms with E-state index in [4.69, 9.17) is 0 Å². The number of likely N-dealkylation sites (N-methyl/N-ethyl adjacent to an activating group) is 2. The van der Waals surface area contributed by atoms with Crippen molar-refractivity contribution >= 4 is 12.0 Å². The summed E-state index contributed by atoms with van der Waals surface area (Å²) in [5.74, 6) is -0.496. The van der Waals surface area contributed by atoms with Crippen molar-refractivity contribution < 1.29 is 14.7 Å². The van der Waals surface area contributed by atoms with Gasteiger partial charge in [0.25, 0.3) is 0 Å². The molecule has 0 radical (unpaired) electrons. The molecule has 120 valence electrons. The Morgan fingerprint density at radius 1 is 1.14 bits per heavy atom. The molecule has 1 heterocycles. The van der Waals surface area contributed by atoms with Gasteiger partial charge in [0.1, 0.15) is 6.04 Å². The minimum atomic E-state index is -0.862. The van der Waals surface area contributed by atoms with Crippen LogP contribution in [-0.2, 0) is 4.79 Å². The molecule has 1 aliphatic carbocycles. The van der Waals surface area contributed by atoms with Crippen LogP contribution in [0.15, 0.2) is 0 Å². The molecule has 2 aliphatic rings. The highest BCUT2D eigenvalue weighted by molar-refractivity contribution is 5.83. The van der Waals surface area contributed by atoms with Gasteiger partial charge in [0, 0.05) is 26.2 Å². The van der Waals surface area contributed by atoms with Crippen LogP contribution in [0.4, 0.5) is 4.79 Å². The van der Waals surface area contributed by atoms with Gasteiger partial charge in [0.15, 0.2) is 0 Å². The monoisotopic (exact) mass is 297 g/mol. The van der Waals surface area contributed by atoms with E-state index in [1.165, 1.54) is 0 Å². The fourth-order valence-electron chi connectivity index (χ4n) is 3.60. The zero-order valence-electron chi connectivity index (χ0n) is 13.3. The third-order valence-corrected chi connectivity index (χ3v) is 4.80. The van der Waals surface area contributed by atoms with Gasteiger partial charge in [-0.2, -0.15) is 0 Å². The Balaban J connectivity index is 2.09. The van der Waals surface area contributed by atoms with E-state index in [-0.39, 0.29) is 12.1 Å². The Hall–Kier alpha value is -1.30. The Morgan fingerprint density at radius 2 is 1.81 bits per heavy atom. The first-order valence-corrected chi connectivity index (χ1v) is 7.82. The number of fused-ring (bicyclic) bond motifs is 1. The summed E-state index contributed by atoms with van der Waals surface area (Å²) in [6, 6.07) is -0.653. The largest absolute Gasteiger partial charge is 0.480 e. The number of rotatable bonds is 4. The lowest BCUT2D eigenvalue weighted by Gasteiger charge is -2.35. The van der Waals surface area contributed by atoms with Crippen LogP contribution in [0.2, 0.25) is 0 Å². The number of amides is 2. The topological polar surface area (TPSA) is 64.1 Å². The van der Waals surface area contributed by atoms with Gasteiger partial charge in [0.2, 0.25) is 0 Å². The van der Waals surface area contributed by atoms with Crippen molar-refractivity contribution in [2.45, 2.75) is 44.2 Å². The number of carboxylic acids is 1. The molecule has 0 bridgehead atoms. The van der Waals surface area contributed by atoms with Crippen LogP contribution >= 0.6 is 0 Å². The molecule has 21 heavy (non-hydrogen) atoms. The van der Waals surface area contributed by atoms with Crippen LogP contribution in [0.1, 0.15) is 32.1 Å². The number of carbonyl (C=O) groups is 2. The highest BCUT2D eigenvalue weighted by Gasteiger charge is 2.48. The lowest BCUT2D eigenvalue weighted by atomic mass is 9.85. The standard InChI is InChI=1S/C15H27N3O3/c1-16(2)8-9-17(3)15(21)18-12-7-5-4-6-11(12)10-13(18)14(19)20/h11-13H,4-10H2,1-3H3,(H,19,20). The third kappa shape index (κ3) is 3.48. The van der Waals surface area contributed by atoms with Gasteiger partial charge in [-0.05, 0) is 39.3 Å². The number of likely N-dealkylation sites (tertiary alicyclic amines) is 1. The van der Waals surface area contributed by atoms with Crippen molar-refractivity contribution in [3.8, 4) is 0 Å². The van der Waals surface area contributed by atoms with Crippen molar-refractivity contribution in [2.24, 2.45) is 5.92 Å². The average Bonchev–Trinajstić information content (AvgIpc) is 2.83. The molecule has 1 aliphatic heterocycles. The van der Waals surface area contributed by atoms with E-state index in [9.17, 15) is 14.7 Å². The smallest absolute Gasteiger partial charge is 0.326 e. The average molecular weight is 297 g/mol. The molecule has 3 unspecified atom stereocenters. The summed E-state index contributed by atoms with van der Waals surface area (Å²) >= 11 is 0. The van der Waals surface area contributed by atoms with E-state index in [0.29, 0.717) is 18.9 Å². The van der Waals surface area contributed by atoms with Crippen molar-refractivity contribution in [3.05, 3.63) is 0 Å². The summed E-state index contributed by atoms with van der Waals surface area (Å²) in [5.41, 5.74) is 0. The van der Waals surface area contributed by atoms with Gasteiger partial charge in [-0.3, -0.25) is 0 Å². The predicted octanol–water partition coefficient (Wildman–Crippen LogP) is 1.32. The Morgan fingerprint density at radius 3 is 2.43 bits per heavy atom. The zero-order chi connectivity index (χ0) is 15.6. The molecule has 0 aromatic rings. The lowest BCUT2D eigenvalue weighted by molar-refractivity contribution is -0.141. The molecule has 2 amide bonds. The van der Waals surface area contributed by atoms with E-state index in [2.05, 4.69) is 0 Å². The molecule has 2 rings (SSSR count). The fourth-order valence-corrected chi connectivity index (χ4v) is 3.60. The number of nitrogens with zero attached hydrogens (tertiary/aromatic N) is 3. The van der Waals surface area contributed by atoms with Crippen LogP contribution in [-0.4, -0.2) is 78.1 Å². The second-order valence-electron chi connectivity index (χ2n) is 6.62. The summed E-state index contributed by atoms with van der Waals surface area (Å²) < 4.78 is 0. The van der Waals surface area contributed by atoms with E-state index in [1.54, 1.807) is 16.8 Å². The van der Waals surface area contributed by atoms with Gasteiger partial charge >= 0.3 is 12.0 Å². The Labute approximate surface area is 126 Å². The molecule has 0 aromatic heterocycles. The van der Waals surface area contributed by atoms with Gasteiger partial charge in [-0.1, -0.05) is 12.8 Å². The number of carbonyl (C=O) groups excluding carboxylic acids is 1. The molecule has 0 aromatic carbocycles. The summed E-state index contributed by atoms with van der Waals surface area (Å²) in [5, 5.41) is 9.46. The van der Waals surface area contributed by atoms with Crippen molar-refractivity contribution in [2.75, 3.05) is 34.2 Å². The SMILES string of the molecule is CN(C)CCN(C)C(=O)N1C(C(=O)O)CC2CCCCC21. The molecule has 6 heteroatoms. The summed E-state index contributed by atoms with van der Waals surface area (Å²) in [6.45, 7) is 1.40. The summed E-state index contributed by atoms with van der Waals surface area (Å²) in [7, 11) is 5.69. The maximum atomic E-state index is 12.7. The first-order chi connectivity index (χ1) is 9.91. The van der Waals surface area contributed by atoms with E-state index in [1.807, 2.05) is 19.0 Å². The van der Waals surface area contributed by atoms with Crippen LogP contribution in [0.25, 0.3) is 0 Å². The predicted molar refractivity (Wildman–Crippen MR) is 80.2 cm³/mol. The molecule has 0 spiro atoms. The highest BCUT2D eigenvalue weighted by Crippen LogP contribution is 2.40. The van der Waals surface area contributed by atoms with Gasteiger partial charge in [-0.25, -0.2) is 9.59 Å². The molecule has 3 atom stereocenters. The molecule has 6 nitrogen and oxygen atoms in total. The quantitative estimate of drug-likeness (QED) is 0.850. The van der Waals surface area contributed by atoms with E-state index >= 15 is 0 Å². The van der Waals surface area contributed by atoms with Gasteiger partial charge in [-0.15, -0.1) is 0 Å². The first-order valence-electron chi connectivity index (χ1n) is 7.82. The van der Waals surface area contributed by atoms with Crippen LogP contribution in [0.5, 0.6) is 0 Å². The summed E-state index contributed by atoms with van der Waals surface area (Å²) in [6.07, 6.45) is 4.87. The zero-order valence-corrected chi connectivity index (χ0v) is 13.3. The van der Waals surface area contributed by atoms with E-state index in [0.717, 1.165) is 32.2 Å². The number of aliphatic carboxylic acids is 1. The van der Waals surface area contributed by atoms with Crippen molar-refractivity contribution in [1.29, 1.82) is 0 Å². The maximum absolute atomic E-state index is 12.7. The number of carboxylic acid groups (broad SMARTS) is 1. The number of urea groups is 1. The third-order valence-electron chi connectivity index (χ3n) is 4.80. The van der Waals surface area contributed by atoms with Gasteiger partial charge in [0.05, 0.1) is 0 Å². The highest BCUT2D eigenvalue weighted by atomic mass is 16.4. The minimum Gasteiger partial charge on any atom is -0.480 e. The normalized spacial score (nSPS) is 28.6. The van der Waals surface area contributed by atoms with Crippen LogP contribution < -0.4 is 0 Å². The molecule has 1 N–H and O–H groups in total. The van der Waals surface area contributed by atoms with Crippen molar-refractivity contribution in [3.63, 3.8) is 0 Å². The molecular formula is C15H27N3O3. The molecular weight excluding hydrogens is 270 g/mol. The molecule has 2 fully saturated rings. The lowest BCUT2D eigenvalue weighted by Crippen LogP contribution is -2.52. The van der Waals surface area contributed by atoms with Crippen LogP contribution in [0.3, 0.4) is 0 Å². The van der Waals surface area contributed by atoms with Crippen LogP contribution in [0, 0.1) is 5.92 Å².